The summed E-state index contributed by atoms with van der Waals surface area (Å²) in [6, 6.07) is 1.74. The summed E-state index contributed by atoms with van der Waals surface area (Å²) >= 11 is 0. The van der Waals surface area contributed by atoms with Crippen LogP contribution in [-0.4, -0.2) is 70.0 Å². The second kappa shape index (κ2) is 7.96. The standard InChI is InChI=1S/C16H24F2N2O4/c1-22-12-8-11(9-13(23-2)14(12)24-3)15(16(17,18)10-21)20-6-4-19-5-7-20/h8-9,15,19,21H,4-7,10H2,1-3H3/t15-/m0/s1. The molecule has 0 amide bonds. The largest absolute Gasteiger partial charge is 0.493 e. The van der Waals surface area contributed by atoms with Gasteiger partial charge < -0.3 is 24.6 Å². The van der Waals surface area contributed by atoms with Crippen LogP contribution in [0.2, 0.25) is 0 Å². The number of alkyl halides is 2. The van der Waals surface area contributed by atoms with E-state index in [0.717, 1.165) is 0 Å². The first-order valence-electron chi connectivity index (χ1n) is 7.71. The molecule has 6 nitrogen and oxygen atoms in total. The maximum atomic E-state index is 14.5. The Morgan fingerprint density at radius 2 is 1.67 bits per heavy atom. The van der Waals surface area contributed by atoms with Crippen LogP contribution in [0.4, 0.5) is 8.78 Å². The van der Waals surface area contributed by atoms with E-state index in [1.54, 1.807) is 4.90 Å². The monoisotopic (exact) mass is 346 g/mol. The van der Waals surface area contributed by atoms with Gasteiger partial charge >= 0.3 is 0 Å². The minimum atomic E-state index is -3.30. The average molecular weight is 346 g/mol. The zero-order valence-electron chi connectivity index (χ0n) is 14.1. The van der Waals surface area contributed by atoms with Gasteiger partial charge in [-0.3, -0.25) is 4.90 Å². The molecule has 1 aromatic carbocycles. The first-order chi connectivity index (χ1) is 11.5. The van der Waals surface area contributed by atoms with Gasteiger partial charge in [-0.25, -0.2) is 8.78 Å². The van der Waals surface area contributed by atoms with E-state index in [1.807, 2.05) is 0 Å². The second-order valence-corrected chi connectivity index (χ2v) is 5.57. The molecule has 2 rings (SSSR count). The minimum absolute atomic E-state index is 0.306. The molecule has 0 radical (unpaired) electrons. The molecule has 136 valence electrons. The first-order valence-corrected chi connectivity index (χ1v) is 7.71. The van der Waals surface area contributed by atoms with Crippen molar-refractivity contribution in [3.05, 3.63) is 17.7 Å². The first kappa shape index (κ1) is 18.7. The van der Waals surface area contributed by atoms with E-state index in [-0.39, 0.29) is 0 Å². The lowest BCUT2D eigenvalue weighted by Crippen LogP contribution is -2.51. The molecule has 0 bridgehead atoms. The van der Waals surface area contributed by atoms with E-state index < -0.39 is 18.6 Å². The number of nitrogens with zero attached hydrogens (tertiary/aromatic N) is 1. The third-order valence-corrected chi connectivity index (χ3v) is 4.13. The number of halogens is 2. The maximum Gasteiger partial charge on any atom is 0.289 e. The lowest BCUT2D eigenvalue weighted by molar-refractivity contribution is -0.118. The van der Waals surface area contributed by atoms with Crippen LogP contribution in [0.15, 0.2) is 12.1 Å². The molecule has 1 fully saturated rings. The fraction of sp³-hybridized carbons (Fsp3) is 0.625. The summed E-state index contributed by atoms with van der Waals surface area (Å²) in [7, 11) is 4.33. The number of nitrogens with one attached hydrogen (secondary N) is 1. The van der Waals surface area contributed by atoms with Crippen molar-refractivity contribution in [2.24, 2.45) is 0 Å². The molecule has 0 unspecified atom stereocenters. The third-order valence-electron chi connectivity index (χ3n) is 4.13. The average Bonchev–Trinajstić information content (AvgIpc) is 2.61. The van der Waals surface area contributed by atoms with Crippen LogP contribution >= 0.6 is 0 Å². The van der Waals surface area contributed by atoms with Gasteiger partial charge in [0.1, 0.15) is 12.6 Å². The van der Waals surface area contributed by atoms with Crippen molar-refractivity contribution >= 4 is 0 Å². The van der Waals surface area contributed by atoms with E-state index in [4.69, 9.17) is 14.2 Å². The van der Waals surface area contributed by atoms with E-state index in [0.29, 0.717) is 49.0 Å². The Labute approximate surface area is 140 Å². The molecule has 0 aromatic heterocycles. The summed E-state index contributed by atoms with van der Waals surface area (Å²) in [6.07, 6.45) is 0. The van der Waals surface area contributed by atoms with Crippen molar-refractivity contribution in [2.45, 2.75) is 12.0 Å². The second-order valence-electron chi connectivity index (χ2n) is 5.57. The Balaban J connectivity index is 2.52. The maximum absolute atomic E-state index is 14.5. The topological polar surface area (TPSA) is 63.2 Å². The summed E-state index contributed by atoms with van der Waals surface area (Å²) in [6.45, 7) is 0.900. The number of hydrogen-bond donors (Lipinski definition) is 2. The van der Waals surface area contributed by atoms with Crippen LogP contribution < -0.4 is 19.5 Å². The zero-order valence-corrected chi connectivity index (χ0v) is 14.1. The van der Waals surface area contributed by atoms with Gasteiger partial charge in [0.05, 0.1) is 21.3 Å². The smallest absolute Gasteiger partial charge is 0.289 e. The predicted octanol–water partition coefficient (Wildman–Crippen LogP) is 1.29. The molecule has 8 heteroatoms. The summed E-state index contributed by atoms with van der Waals surface area (Å²) in [4.78, 5) is 1.66. The molecule has 1 heterocycles. The van der Waals surface area contributed by atoms with Gasteiger partial charge in [-0.1, -0.05) is 0 Å². The summed E-state index contributed by atoms with van der Waals surface area (Å²) < 4.78 is 44.8. The van der Waals surface area contributed by atoms with Gasteiger partial charge in [0.25, 0.3) is 5.92 Å². The highest BCUT2D eigenvalue weighted by Crippen LogP contribution is 2.44. The Morgan fingerprint density at radius 1 is 1.12 bits per heavy atom. The fourth-order valence-corrected chi connectivity index (χ4v) is 3.01. The third kappa shape index (κ3) is 3.71. The number of benzene rings is 1. The van der Waals surface area contributed by atoms with Gasteiger partial charge in [0.2, 0.25) is 5.75 Å². The van der Waals surface area contributed by atoms with Crippen molar-refractivity contribution in [3.63, 3.8) is 0 Å². The Bertz CT molecular complexity index is 526. The van der Waals surface area contributed by atoms with Crippen LogP contribution in [-0.2, 0) is 0 Å². The van der Waals surface area contributed by atoms with Crippen LogP contribution in [0.25, 0.3) is 0 Å². The fourth-order valence-electron chi connectivity index (χ4n) is 3.01. The molecule has 1 saturated heterocycles. The molecule has 0 saturated carbocycles. The van der Waals surface area contributed by atoms with Crippen LogP contribution in [0, 0.1) is 0 Å². The SMILES string of the molecule is COc1cc([C@H](N2CCNCC2)C(F)(F)CO)cc(OC)c1OC. The Morgan fingerprint density at radius 3 is 2.08 bits per heavy atom. The van der Waals surface area contributed by atoms with Crippen LogP contribution in [0.3, 0.4) is 0 Å². The molecule has 1 aliphatic rings. The van der Waals surface area contributed by atoms with E-state index in [2.05, 4.69) is 5.32 Å². The number of rotatable bonds is 7. The highest BCUT2D eigenvalue weighted by Gasteiger charge is 2.44. The lowest BCUT2D eigenvalue weighted by atomic mass is 9.97. The molecule has 24 heavy (non-hydrogen) atoms. The molecule has 1 aliphatic heterocycles. The lowest BCUT2D eigenvalue weighted by Gasteiger charge is -2.39. The Hall–Kier alpha value is -1.64. The summed E-state index contributed by atoms with van der Waals surface area (Å²) in [5, 5.41) is 12.4. The molecular formula is C16H24F2N2O4. The minimum Gasteiger partial charge on any atom is -0.493 e. The predicted molar refractivity (Wildman–Crippen MR) is 85.3 cm³/mol. The molecule has 1 aromatic rings. The van der Waals surface area contributed by atoms with E-state index >= 15 is 0 Å². The van der Waals surface area contributed by atoms with Crippen molar-refractivity contribution in [1.29, 1.82) is 0 Å². The number of ether oxygens (including phenoxy) is 3. The van der Waals surface area contributed by atoms with Crippen molar-refractivity contribution < 1.29 is 28.1 Å². The molecule has 2 N–H and O–H groups in total. The van der Waals surface area contributed by atoms with Gasteiger partial charge in [0.15, 0.2) is 11.5 Å². The molecule has 1 atom stereocenters. The number of piperazine rings is 1. The molecule has 0 aliphatic carbocycles. The van der Waals surface area contributed by atoms with Crippen LogP contribution in [0.5, 0.6) is 17.2 Å². The van der Waals surface area contributed by atoms with E-state index in [9.17, 15) is 13.9 Å². The normalized spacial score (nSPS) is 17.4. The van der Waals surface area contributed by atoms with Crippen molar-refractivity contribution in [2.75, 3.05) is 54.1 Å². The summed E-state index contributed by atoms with van der Waals surface area (Å²) in [5.41, 5.74) is 0.311. The van der Waals surface area contributed by atoms with Gasteiger partial charge in [-0.15, -0.1) is 0 Å². The van der Waals surface area contributed by atoms with Gasteiger partial charge in [-0.2, -0.15) is 0 Å². The number of aliphatic hydroxyl groups is 1. The van der Waals surface area contributed by atoms with Gasteiger partial charge in [-0.05, 0) is 17.7 Å². The molecule has 0 spiro atoms. The van der Waals surface area contributed by atoms with Crippen molar-refractivity contribution in [1.82, 2.24) is 10.2 Å². The number of methoxy groups -OCH3 is 3. The quantitative estimate of drug-likeness (QED) is 0.776. The number of hydrogen-bond acceptors (Lipinski definition) is 6. The number of aliphatic hydroxyl groups excluding tert-OH is 1. The molecular weight excluding hydrogens is 322 g/mol. The highest BCUT2D eigenvalue weighted by atomic mass is 19.3. The van der Waals surface area contributed by atoms with E-state index in [1.165, 1.54) is 33.5 Å². The Kier molecular flexibility index (Phi) is 6.20. The highest BCUT2D eigenvalue weighted by molar-refractivity contribution is 5.54. The zero-order chi connectivity index (χ0) is 17.7. The van der Waals surface area contributed by atoms with Crippen molar-refractivity contribution in [3.8, 4) is 17.2 Å². The van der Waals surface area contributed by atoms with Crippen LogP contribution in [0.1, 0.15) is 11.6 Å². The van der Waals surface area contributed by atoms with Gasteiger partial charge in [0, 0.05) is 26.2 Å². The summed E-state index contributed by atoms with van der Waals surface area (Å²) in [5.74, 6) is -2.35.